The zero-order chi connectivity index (χ0) is 14.8. The highest BCUT2D eigenvalue weighted by molar-refractivity contribution is 6.30. The molecule has 0 amide bonds. The maximum absolute atomic E-state index is 9.40. The van der Waals surface area contributed by atoms with E-state index in [1.807, 2.05) is 12.1 Å². The highest BCUT2D eigenvalue weighted by atomic mass is 35.5. The van der Waals surface area contributed by atoms with E-state index in [1.54, 1.807) is 16.8 Å². The molecule has 2 N–H and O–H groups in total. The van der Waals surface area contributed by atoms with Gasteiger partial charge in [-0.15, -0.1) is 5.10 Å². The lowest BCUT2D eigenvalue weighted by Gasteiger charge is -2.26. The summed E-state index contributed by atoms with van der Waals surface area (Å²) in [4.78, 5) is 2.14. The standard InChI is InChI=1S/C15H16ClN5/c16-11-4-6-12(7-5-11)21-14(18)13(10-17)15(19-21)20-8-2-1-3-9-20/h4-7H,1-3,8-9,18H2. The lowest BCUT2D eigenvalue weighted by Crippen LogP contribution is -2.30. The van der Waals surface area contributed by atoms with Crippen LogP contribution in [-0.4, -0.2) is 22.9 Å². The van der Waals surface area contributed by atoms with Crippen molar-refractivity contribution in [1.82, 2.24) is 9.78 Å². The van der Waals surface area contributed by atoms with Gasteiger partial charge in [0.2, 0.25) is 0 Å². The van der Waals surface area contributed by atoms with Crippen LogP contribution < -0.4 is 10.6 Å². The number of aromatic nitrogens is 2. The van der Waals surface area contributed by atoms with E-state index in [2.05, 4.69) is 16.1 Å². The van der Waals surface area contributed by atoms with Gasteiger partial charge in [0.15, 0.2) is 5.82 Å². The molecule has 0 unspecified atom stereocenters. The molecule has 1 aromatic heterocycles. The molecule has 0 atom stereocenters. The Morgan fingerprint density at radius 2 is 1.81 bits per heavy atom. The molecule has 2 heterocycles. The minimum atomic E-state index is 0.375. The van der Waals surface area contributed by atoms with Crippen LogP contribution >= 0.6 is 11.6 Å². The molecular formula is C15H16ClN5. The second kappa shape index (κ2) is 5.66. The van der Waals surface area contributed by atoms with Crippen molar-refractivity contribution in [2.24, 2.45) is 0 Å². The normalized spacial score (nSPS) is 15.0. The average molecular weight is 302 g/mol. The van der Waals surface area contributed by atoms with Gasteiger partial charge in [-0.2, -0.15) is 5.26 Å². The van der Waals surface area contributed by atoms with Crippen molar-refractivity contribution in [2.45, 2.75) is 19.3 Å². The molecule has 1 fully saturated rings. The first-order valence-corrected chi connectivity index (χ1v) is 7.38. The lowest BCUT2D eigenvalue weighted by molar-refractivity contribution is 0.571. The van der Waals surface area contributed by atoms with E-state index in [9.17, 15) is 5.26 Å². The van der Waals surface area contributed by atoms with Crippen molar-refractivity contribution < 1.29 is 0 Å². The monoisotopic (exact) mass is 301 g/mol. The lowest BCUT2D eigenvalue weighted by atomic mass is 10.1. The van der Waals surface area contributed by atoms with Crippen molar-refractivity contribution in [1.29, 1.82) is 5.26 Å². The summed E-state index contributed by atoms with van der Waals surface area (Å²) >= 11 is 5.90. The number of piperidine rings is 1. The third-order valence-corrected chi connectivity index (χ3v) is 3.99. The summed E-state index contributed by atoms with van der Waals surface area (Å²) < 4.78 is 1.61. The minimum Gasteiger partial charge on any atom is -0.382 e. The number of rotatable bonds is 2. The number of nitrogen functional groups attached to an aromatic ring is 1. The molecule has 1 saturated heterocycles. The average Bonchev–Trinajstić information content (AvgIpc) is 2.86. The van der Waals surface area contributed by atoms with Crippen LogP contribution in [0.15, 0.2) is 24.3 Å². The molecule has 5 nitrogen and oxygen atoms in total. The van der Waals surface area contributed by atoms with E-state index >= 15 is 0 Å². The number of halogens is 1. The number of hydrogen-bond acceptors (Lipinski definition) is 4. The number of benzene rings is 1. The fraction of sp³-hybridized carbons (Fsp3) is 0.333. The fourth-order valence-electron chi connectivity index (χ4n) is 2.63. The Bertz CT molecular complexity index is 677. The molecule has 0 spiro atoms. The molecule has 2 aromatic rings. The number of nitrogens with two attached hydrogens (primary N) is 1. The smallest absolute Gasteiger partial charge is 0.171 e. The third-order valence-electron chi connectivity index (χ3n) is 3.74. The second-order valence-corrected chi connectivity index (χ2v) is 5.57. The molecule has 1 aliphatic rings. The van der Waals surface area contributed by atoms with Crippen LogP contribution in [0, 0.1) is 11.3 Å². The summed E-state index contributed by atoms with van der Waals surface area (Å²) in [5.74, 6) is 1.06. The molecule has 1 aromatic carbocycles. The van der Waals surface area contributed by atoms with Gasteiger partial charge in [0.05, 0.1) is 5.69 Å². The summed E-state index contributed by atoms with van der Waals surface area (Å²) in [6.07, 6.45) is 3.48. The van der Waals surface area contributed by atoms with Crippen LogP contribution in [0.25, 0.3) is 5.69 Å². The predicted octanol–water partition coefficient (Wildman–Crippen LogP) is 2.97. The SMILES string of the molecule is N#Cc1c(N2CCCCC2)nn(-c2ccc(Cl)cc2)c1N. The van der Waals surface area contributed by atoms with E-state index in [-0.39, 0.29) is 0 Å². The van der Waals surface area contributed by atoms with Gasteiger partial charge in [0.25, 0.3) is 0 Å². The maximum atomic E-state index is 9.40. The van der Waals surface area contributed by atoms with Crippen molar-refractivity contribution in [2.75, 3.05) is 23.7 Å². The van der Waals surface area contributed by atoms with Crippen molar-refractivity contribution in [3.05, 3.63) is 34.9 Å². The Labute approximate surface area is 128 Å². The molecule has 0 saturated carbocycles. The first kappa shape index (κ1) is 13.8. The predicted molar refractivity (Wildman–Crippen MR) is 83.8 cm³/mol. The zero-order valence-corrected chi connectivity index (χ0v) is 12.3. The van der Waals surface area contributed by atoms with Crippen LogP contribution in [0.3, 0.4) is 0 Å². The van der Waals surface area contributed by atoms with Crippen molar-refractivity contribution >= 4 is 23.2 Å². The Kier molecular flexibility index (Phi) is 3.72. The number of anilines is 2. The molecule has 6 heteroatoms. The molecule has 3 rings (SSSR count). The fourth-order valence-corrected chi connectivity index (χ4v) is 2.76. The minimum absolute atomic E-state index is 0.375. The van der Waals surface area contributed by atoms with Gasteiger partial charge in [-0.05, 0) is 43.5 Å². The molecule has 0 aliphatic carbocycles. The molecule has 1 aliphatic heterocycles. The number of nitrogens with zero attached hydrogens (tertiary/aromatic N) is 4. The topological polar surface area (TPSA) is 70.9 Å². The Morgan fingerprint density at radius 3 is 2.43 bits per heavy atom. The van der Waals surface area contributed by atoms with Gasteiger partial charge in [-0.25, -0.2) is 4.68 Å². The second-order valence-electron chi connectivity index (χ2n) is 5.13. The van der Waals surface area contributed by atoms with Gasteiger partial charge in [0.1, 0.15) is 17.5 Å². The van der Waals surface area contributed by atoms with Gasteiger partial charge >= 0.3 is 0 Å². The molecule has 0 bridgehead atoms. The molecule has 108 valence electrons. The van der Waals surface area contributed by atoms with E-state index in [0.29, 0.717) is 22.2 Å². The van der Waals surface area contributed by atoms with E-state index in [4.69, 9.17) is 17.3 Å². The van der Waals surface area contributed by atoms with E-state index < -0.39 is 0 Å². The molecule has 0 radical (unpaired) electrons. The van der Waals surface area contributed by atoms with Crippen molar-refractivity contribution in [3.63, 3.8) is 0 Å². The first-order valence-electron chi connectivity index (χ1n) is 7.00. The van der Waals surface area contributed by atoms with Crippen molar-refractivity contribution in [3.8, 4) is 11.8 Å². The van der Waals surface area contributed by atoms with Gasteiger partial charge in [-0.3, -0.25) is 0 Å². The van der Waals surface area contributed by atoms with Crippen LogP contribution in [0.5, 0.6) is 0 Å². The van der Waals surface area contributed by atoms with Crippen LogP contribution in [0.4, 0.5) is 11.6 Å². The summed E-state index contributed by atoms with van der Waals surface area (Å²) in [6, 6.07) is 9.43. The Hall–Kier alpha value is -2.19. The summed E-state index contributed by atoms with van der Waals surface area (Å²) in [6.45, 7) is 1.84. The number of nitriles is 1. The third kappa shape index (κ3) is 2.55. The largest absolute Gasteiger partial charge is 0.382 e. The maximum Gasteiger partial charge on any atom is 0.171 e. The van der Waals surface area contributed by atoms with Gasteiger partial charge < -0.3 is 10.6 Å². The van der Waals surface area contributed by atoms with Crippen LogP contribution in [-0.2, 0) is 0 Å². The van der Waals surface area contributed by atoms with E-state index in [0.717, 1.165) is 31.6 Å². The first-order chi connectivity index (χ1) is 10.2. The Balaban J connectivity index is 2.04. The Morgan fingerprint density at radius 1 is 1.14 bits per heavy atom. The quantitative estimate of drug-likeness (QED) is 0.925. The van der Waals surface area contributed by atoms with Gasteiger partial charge in [-0.1, -0.05) is 11.6 Å². The highest BCUT2D eigenvalue weighted by Crippen LogP contribution is 2.29. The van der Waals surface area contributed by atoms with E-state index in [1.165, 1.54) is 6.42 Å². The molecule has 21 heavy (non-hydrogen) atoms. The highest BCUT2D eigenvalue weighted by Gasteiger charge is 2.22. The molecular weight excluding hydrogens is 286 g/mol. The zero-order valence-electron chi connectivity index (χ0n) is 11.6. The summed E-state index contributed by atoms with van der Waals surface area (Å²) in [7, 11) is 0. The van der Waals surface area contributed by atoms with Crippen LogP contribution in [0.2, 0.25) is 5.02 Å². The number of hydrogen-bond donors (Lipinski definition) is 1. The van der Waals surface area contributed by atoms with Gasteiger partial charge in [0, 0.05) is 18.1 Å². The van der Waals surface area contributed by atoms with Crippen LogP contribution in [0.1, 0.15) is 24.8 Å². The summed E-state index contributed by atoms with van der Waals surface area (Å²) in [5.41, 5.74) is 7.36. The summed E-state index contributed by atoms with van der Waals surface area (Å²) in [5, 5.41) is 14.6.